The number of pyridine rings is 1. The summed E-state index contributed by atoms with van der Waals surface area (Å²) in [6, 6.07) is 12.5. The average Bonchev–Trinajstić information content (AvgIpc) is 2.72. The number of ether oxygens (including phenoxy) is 2. The third kappa shape index (κ3) is 4.35. The molecule has 0 saturated carbocycles. The maximum atomic E-state index is 12.7. The predicted molar refractivity (Wildman–Crippen MR) is 110 cm³/mol. The summed E-state index contributed by atoms with van der Waals surface area (Å²) < 4.78 is 10.5. The molecule has 1 amide bonds. The first-order valence-electron chi connectivity index (χ1n) is 9.01. The van der Waals surface area contributed by atoms with Crippen LogP contribution >= 0.6 is 0 Å². The summed E-state index contributed by atoms with van der Waals surface area (Å²) in [5, 5.41) is 14.1. The molecule has 1 aromatic heterocycles. The number of hydrogen-bond acceptors (Lipinski definition) is 7. The van der Waals surface area contributed by atoms with Crippen molar-refractivity contribution in [3.05, 3.63) is 69.9 Å². The molecule has 3 aromatic rings. The van der Waals surface area contributed by atoms with Crippen LogP contribution in [0.4, 0.5) is 11.4 Å². The van der Waals surface area contributed by atoms with E-state index in [1.165, 1.54) is 32.2 Å². The average molecular weight is 409 g/mol. The summed E-state index contributed by atoms with van der Waals surface area (Å²) in [6.07, 6.45) is -1.16. The van der Waals surface area contributed by atoms with Gasteiger partial charge in [0.25, 0.3) is 11.6 Å². The standard InChI is InChI=1S/C21H19N3O6/c1-12-10-16(15-6-4-5-7-17(15)22-12)21(26)30-13(2)20(25)23-18-11-14(24(27)28)8-9-19(18)29-3/h4-11,13H,1-3H3,(H,23,25). The Morgan fingerprint density at radius 2 is 1.90 bits per heavy atom. The molecule has 0 saturated heterocycles. The Kier molecular flexibility index (Phi) is 5.91. The van der Waals surface area contributed by atoms with Crippen LogP contribution in [0.25, 0.3) is 10.9 Å². The minimum absolute atomic E-state index is 0.102. The van der Waals surface area contributed by atoms with Crippen molar-refractivity contribution >= 4 is 34.2 Å². The number of amides is 1. The number of non-ortho nitro benzene ring substituents is 1. The van der Waals surface area contributed by atoms with Crippen LogP contribution in [0.1, 0.15) is 23.0 Å². The Morgan fingerprint density at radius 1 is 1.17 bits per heavy atom. The van der Waals surface area contributed by atoms with Crippen molar-refractivity contribution in [3.63, 3.8) is 0 Å². The molecule has 1 heterocycles. The minimum atomic E-state index is -1.16. The number of methoxy groups -OCH3 is 1. The molecule has 9 nitrogen and oxygen atoms in total. The Balaban J connectivity index is 1.79. The van der Waals surface area contributed by atoms with Crippen molar-refractivity contribution < 1.29 is 24.0 Å². The second kappa shape index (κ2) is 8.56. The van der Waals surface area contributed by atoms with Gasteiger partial charge in [-0.3, -0.25) is 19.9 Å². The molecular formula is C21H19N3O6. The maximum absolute atomic E-state index is 12.7. The van der Waals surface area contributed by atoms with Gasteiger partial charge in [0.15, 0.2) is 6.10 Å². The molecule has 9 heteroatoms. The van der Waals surface area contributed by atoms with Crippen LogP contribution < -0.4 is 10.1 Å². The van der Waals surface area contributed by atoms with Gasteiger partial charge in [-0.2, -0.15) is 0 Å². The van der Waals surface area contributed by atoms with Crippen LogP contribution in [0, 0.1) is 17.0 Å². The van der Waals surface area contributed by atoms with Gasteiger partial charge in [0.2, 0.25) is 0 Å². The van der Waals surface area contributed by atoms with Crippen molar-refractivity contribution in [1.82, 2.24) is 4.98 Å². The van der Waals surface area contributed by atoms with Crippen molar-refractivity contribution in [1.29, 1.82) is 0 Å². The molecule has 3 rings (SSSR count). The van der Waals surface area contributed by atoms with Gasteiger partial charge < -0.3 is 14.8 Å². The van der Waals surface area contributed by atoms with E-state index in [1.54, 1.807) is 31.2 Å². The van der Waals surface area contributed by atoms with Gasteiger partial charge in [-0.1, -0.05) is 18.2 Å². The summed E-state index contributed by atoms with van der Waals surface area (Å²) in [7, 11) is 1.37. The molecule has 0 spiro atoms. The SMILES string of the molecule is COc1ccc([N+](=O)[O-])cc1NC(=O)C(C)OC(=O)c1cc(C)nc2ccccc12. The third-order valence-electron chi connectivity index (χ3n) is 4.37. The first-order chi connectivity index (χ1) is 14.3. The second-order valence-corrected chi connectivity index (χ2v) is 6.51. The van der Waals surface area contributed by atoms with Gasteiger partial charge in [0.1, 0.15) is 5.75 Å². The Labute approximate surface area is 171 Å². The fourth-order valence-electron chi connectivity index (χ4n) is 2.90. The van der Waals surface area contributed by atoms with E-state index in [9.17, 15) is 19.7 Å². The first kappa shape index (κ1) is 20.7. The topological polar surface area (TPSA) is 121 Å². The zero-order chi connectivity index (χ0) is 21.8. The predicted octanol–water partition coefficient (Wildman–Crippen LogP) is 3.64. The summed E-state index contributed by atoms with van der Waals surface area (Å²) in [4.78, 5) is 40.0. The highest BCUT2D eigenvalue weighted by atomic mass is 16.6. The number of carbonyl (C=O) groups excluding carboxylic acids is 2. The van der Waals surface area contributed by atoms with Crippen LogP contribution in [0.2, 0.25) is 0 Å². The lowest BCUT2D eigenvalue weighted by atomic mass is 10.1. The number of carbonyl (C=O) groups is 2. The number of para-hydroxylation sites is 1. The molecule has 1 N–H and O–H groups in total. The zero-order valence-corrected chi connectivity index (χ0v) is 16.5. The number of hydrogen-bond donors (Lipinski definition) is 1. The van der Waals surface area contributed by atoms with Crippen LogP contribution in [-0.4, -0.2) is 35.0 Å². The Bertz CT molecular complexity index is 1140. The highest BCUT2D eigenvalue weighted by molar-refractivity contribution is 6.05. The van der Waals surface area contributed by atoms with E-state index >= 15 is 0 Å². The Morgan fingerprint density at radius 3 is 2.60 bits per heavy atom. The van der Waals surface area contributed by atoms with E-state index in [-0.39, 0.29) is 17.1 Å². The van der Waals surface area contributed by atoms with Crippen molar-refractivity contribution in [2.24, 2.45) is 0 Å². The lowest BCUT2D eigenvalue weighted by Crippen LogP contribution is -2.30. The molecule has 1 atom stereocenters. The molecule has 0 bridgehead atoms. The van der Waals surface area contributed by atoms with E-state index in [4.69, 9.17) is 9.47 Å². The number of aromatic nitrogens is 1. The molecule has 154 valence electrons. The van der Waals surface area contributed by atoms with Gasteiger partial charge in [-0.15, -0.1) is 0 Å². The maximum Gasteiger partial charge on any atom is 0.339 e. The van der Waals surface area contributed by atoms with E-state index in [0.717, 1.165) is 0 Å². The largest absolute Gasteiger partial charge is 0.495 e. The van der Waals surface area contributed by atoms with E-state index in [1.807, 2.05) is 6.07 Å². The number of anilines is 1. The third-order valence-corrected chi connectivity index (χ3v) is 4.37. The highest BCUT2D eigenvalue weighted by Crippen LogP contribution is 2.29. The lowest BCUT2D eigenvalue weighted by Gasteiger charge is -2.16. The minimum Gasteiger partial charge on any atom is -0.495 e. The molecule has 30 heavy (non-hydrogen) atoms. The fraction of sp³-hybridized carbons (Fsp3) is 0.190. The lowest BCUT2D eigenvalue weighted by molar-refractivity contribution is -0.384. The summed E-state index contributed by atoms with van der Waals surface area (Å²) >= 11 is 0. The number of nitro benzene ring substituents is 1. The van der Waals surface area contributed by atoms with E-state index in [0.29, 0.717) is 22.2 Å². The number of rotatable bonds is 6. The van der Waals surface area contributed by atoms with Crippen LogP contribution in [0.3, 0.4) is 0 Å². The summed E-state index contributed by atoms with van der Waals surface area (Å²) in [5.74, 6) is -1.09. The first-order valence-corrected chi connectivity index (χ1v) is 9.01. The Hall–Kier alpha value is -4.01. The van der Waals surface area contributed by atoms with Gasteiger partial charge in [0.05, 0.1) is 28.8 Å². The van der Waals surface area contributed by atoms with Gasteiger partial charge in [-0.05, 0) is 32.0 Å². The quantitative estimate of drug-likeness (QED) is 0.375. The van der Waals surface area contributed by atoms with Gasteiger partial charge in [-0.25, -0.2) is 4.79 Å². The molecule has 0 fully saturated rings. The summed E-state index contributed by atoms with van der Waals surface area (Å²) in [5.41, 5.74) is 1.46. The van der Waals surface area contributed by atoms with Crippen LogP contribution in [-0.2, 0) is 9.53 Å². The molecule has 0 aliphatic heterocycles. The van der Waals surface area contributed by atoms with Crippen LogP contribution in [0.5, 0.6) is 5.75 Å². The van der Waals surface area contributed by atoms with Gasteiger partial charge in [0, 0.05) is 23.2 Å². The van der Waals surface area contributed by atoms with Crippen LogP contribution in [0.15, 0.2) is 48.5 Å². The molecule has 0 aliphatic carbocycles. The number of nitrogens with one attached hydrogen (secondary N) is 1. The number of nitro groups is 1. The van der Waals surface area contributed by atoms with Crippen molar-refractivity contribution in [3.8, 4) is 5.75 Å². The van der Waals surface area contributed by atoms with Gasteiger partial charge >= 0.3 is 5.97 Å². The van der Waals surface area contributed by atoms with E-state index in [2.05, 4.69) is 10.3 Å². The molecule has 1 unspecified atom stereocenters. The molecule has 2 aromatic carbocycles. The van der Waals surface area contributed by atoms with Crippen molar-refractivity contribution in [2.75, 3.05) is 12.4 Å². The number of esters is 1. The second-order valence-electron chi connectivity index (χ2n) is 6.51. The van der Waals surface area contributed by atoms with Crippen molar-refractivity contribution in [2.45, 2.75) is 20.0 Å². The zero-order valence-electron chi connectivity index (χ0n) is 16.5. The normalized spacial score (nSPS) is 11.6. The fourth-order valence-corrected chi connectivity index (χ4v) is 2.90. The molecule has 0 aliphatic rings. The number of fused-ring (bicyclic) bond motifs is 1. The molecule has 0 radical (unpaired) electrons. The number of nitrogens with zero attached hydrogens (tertiary/aromatic N) is 2. The monoisotopic (exact) mass is 409 g/mol. The number of aryl methyl sites for hydroxylation is 1. The molecular weight excluding hydrogens is 390 g/mol. The summed E-state index contributed by atoms with van der Waals surface area (Å²) in [6.45, 7) is 3.17. The van der Waals surface area contributed by atoms with E-state index < -0.39 is 22.9 Å². The smallest absolute Gasteiger partial charge is 0.339 e. The number of benzene rings is 2. The highest BCUT2D eigenvalue weighted by Gasteiger charge is 2.23.